The van der Waals surface area contributed by atoms with E-state index in [-0.39, 0.29) is 9.80 Å². The Morgan fingerprint density at radius 1 is 1.00 bits per heavy atom. The lowest BCUT2D eigenvalue weighted by Crippen LogP contribution is -2.04. The molecule has 0 radical (unpaired) electrons. The largest absolute Gasteiger partial charge is 0.316 e. The molecule has 0 saturated heterocycles. The summed E-state index contributed by atoms with van der Waals surface area (Å²) in [7, 11) is -3.86. The molecule has 4 nitrogen and oxygen atoms in total. The van der Waals surface area contributed by atoms with Crippen LogP contribution in [0.25, 0.3) is 11.8 Å². The molecule has 0 N–H and O–H groups in total. The Balaban J connectivity index is 2.11. The van der Waals surface area contributed by atoms with Gasteiger partial charge in [0.25, 0.3) is 0 Å². The molecule has 1 heterocycles. The summed E-state index contributed by atoms with van der Waals surface area (Å²) in [5.74, 6) is 0. The van der Waals surface area contributed by atoms with Gasteiger partial charge in [0, 0.05) is 16.4 Å². The zero-order chi connectivity index (χ0) is 17.9. The van der Waals surface area contributed by atoms with Crippen LogP contribution in [-0.4, -0.2) is 13.0 Å². The van der Waals surface area contributed by atoms with Gasteiger partial charge >= 0.3 is 0 Å². The first kappa shape index (κ1) is 17.2. The molecule has 0 atom stereocenters. The highest BCUT2D eigenvalue weighted by atomic mass is 79.9. The fourth-order valence-corrected chi connectivity index (χ4v) is 4.05. The second-order valence-corrected chi connectivity index (χ2v) is 7.96. The maximum atomic E-state index is 12.7. The molecule has 0 aliphatic carbocycles. The highest BCUT2D eigenvalue weighted by molar-refractivity contribution is 9.10. The van der Waals surface area contributed by atoms with E-state index in [2.05, 4.69) is 15.9 Å². The van der Waals surface area contributed by atoms with Crippen molar-refractivity contribution in [2.75, 3.05) is 0 Å². The summed E-state index contributed by atoms with van der Waals surface area (Å²) in [6.45, 7) is 0. The number of para-hydroxylation sites is 1. The van der Waals surface area contributed by atoms with Crippen molar-refractivity contribution in [3.8, 4) is 11.8 Å². The number of hydrogen-bond acceptors (Lipinski definition) is 3. The lowest BCUT2D eigenvalue weighted by molar-refractivity contribution is 0.603. The van der Waals surface area contributed by atoms with Gasteiger partial charge in [0.15, 0.2) is 4.91 Å². The molecule has 124 valence electrons. The van der Waals surface area contributed by atoms with Crippen LogP contribution in [0.1, 0.15) is 5.69 Å². The van der Waals surface area contributed by atoms with E-state index >= 15 is 0 Å². The lowest BCUT2D eigenvalue weighted by atomic mass is 10.3. The van der Waals surface area contributed by atoms with Gasteiger partial charge in [0.1, 0.15) is 6.07 Å². The van der Waals surface area contributed by atoms with Crippen LogP contribution in [0.5, 0.6) is 0 Å². The summed E-state index contributed by atoms with van der Waals surface area (Å²) in [6, 6.07) is 20.9. The fraction of sp³-hybridized carbons (Fsp3) is 0. The van der Waals surface area contributed by atoms with E-state index in [9.17, 15) is 13.7 Å². The quantitative estimate of drug-likeness (QED) is 0.589. The predicted octanol–water partition coefficient (Wildman–Crippen LogP) is 4.58. The third-order valence-corrected chi connectivity index (χ3v) is 5.98. The van der Waals surface area contributed by atoms with E-state index in [1.807, 2.05) is 41.1 Å². The number of sulfone groups is 1. The minimum atomic E-state index is -3.86. The second kappa shape index (κ2) is 7.09. The summed E-state index contributed by atoms with van der Waals surface area (Å²) in [5, 5.41) is 9.42. The number of allylic oxidation sites excluding steroid dienone is 1. The highest BCUT2D eigenvalue weighted by Crippen LogP contribution is 2.25. The zero-order valence-corrected chi connectivity index (χ0v) is 15.4. The molecule has 3 rings (SSSR count). The first-order valence-corrected chi connectivity index (χ1v) is 9.66. The van der Waals surface area contributed by atoms with Crippen molar-refractivity contribution in [3.63, 3.8) is 0 Å². The zero-order valence-electron chi connectivity index (χ0n) is 13.0. The van der Waals surface area contributed by atoms with Crippen molar-refractivity contribution in [2.24, 2.45) is 0 Å². The smallest absolute Gasteiger partial charge is 0.216 e. The molecule has 3 aromatic rings. The third-order valence-electron chi connectivity index (χ3n) is 3.62. The number of aromatic nitrogens is 1. The van der Waals surface area contributed by atoms with E-state index in [4.69, 9.17) is 0 Å². The van der Waals surface area contributed by atoms with E-state index in [1.165, 1.54) is 18.2 Å². The SMILES string of the molecule is N#C/C(=C\c1cccn1-c1ccccc1Br)S(=O)(=O)c1ccccc1. The monoisotopic (exact) mass is 412 g/mol. The number of benzene rings is 2. The number of nitrogens with zero attached hydrogens (tertiary/aromatic N) is 2. The van der Waals surface area contributed by atoms with Crippen molar-refractivity contribution in [1.82, 2.24) is 4.57 Å². The molecule has 0 aliphatic heterocycles. The van der Waals surface area contributed by atoms with Gasteiger partial charge in [-0.2, -0.15) is 5.26 Å². The molecular formula is C19H13BrN2O2S. The van der Waals surface area contributed by atoms with Gasteiger partial charge in [-0.25, -0.2) is 8.42 Å². The second-order valence-electron chi connectivity index (χ2n) is 5.19. The van der Waals surface area contributed by atoms with Crippen LogP contribution in [0, 0.1) is 11.3 Å². The van der Waals surface area contributed by atoms with Crippen LogP contribution >= 0.6 is 15.9 Å². The van der Waals surface area contributed by atoms with Crippen molar-refractivity contribution < 1.29 is 8.42 Å². The van der Waals surface area contributed by atoms with Gasteiger partial charge in [-0.1, -0.05) is 30.3 Å². The van der Waals surface area contributed by atoms with Crippen molar-refractivity contribution in [2.45, 2.75) is 4.90 Å². The summed E-state index contributed by atoms with van der Waals surface area (Å²) >= 11 is 3.49. The number of halogens is 1. The molecule has 0 amide bonds. The van der Waals surface area contributed by atoms with Crippen molar-refractivity contribution >= 4 is 31.8 Å². The van der Waals surface area contributed by atoms with Gasteiger partial charge in [0.2, 0.25) is 9.84 Å². The Bertz CT molecular complexity index is 1080. The Morgan fingerprint density at radius 2 is 1.68 bits per heavy atom. The Labute approximate surface area is 154 Å². The average molecular weight is 413 g/mol. The van der Waals surface area contributed by atoms with E-state index in [1.54, 1.807) is 30.3 Å². The minimum Gasteiger partial charge on any atom is -0.316 e. The fourth-order valence-electron chi connectivity index (χ4n) is 2.41. The number of nitriles is 1. The molecule has 0 unspecified atom stereocenters. The van der Waals surface area contributed by atoms with Crippen LogP contribution in [0.4, 0.5) is 0 Å². The highest BCUT2D eigenvalue weighted by Gasteiger charge is 2.21. The summed E-state index contributed by atoms with van der Waals surface area (Å²) < 4.78 is 28.1. The van der Waals surface area contributed by atoms with Crippen LogP contribution in [0.2, 0.25) is 0 Å². The van der Waals surface area contributed by atoms with Crippen molar-refractivity contribution in [3.05, 3.63) is 88.0 Å². The molecule has 0 fully saturated rings. The van der Waals surface area contributed by atoms with Gasteiger partial charge in [0.05, 0.1) is 10.6 Å². The maximum absolute atomic E-state index is 12.7. The van der Waals surface area contributed by atoms with Crippen LogP contribution in [0.3, 0.4) is 0 Å². The van der Waals surface area contributed by atoms with Crippen LogP contribution in [0.15, 0.2) is 87.2 Å². The summed E-state index contributed by atoms with van der Waals surface area (Å²) in [5.41, 5.74) is 1.45. The maximum Gasteiger partial charge on any atom is 0.216 e. The normalized spacial score (nSPS) is 11.9. The van der Waals surface area contributed by atoms with Gasteiger partial charge in [-0.15, -0.1) is 0 Å². The van der Waals surface area contributed by atoms with Crippen LogP contribution in [-0.2, 0) is 9.84 Å². The van der Waals surface area contributed by atoms with Crippen molar-refractivity contribution in [1.29, 1.82) is 5.26 Å². The average Bonchev–Trinajstić information content (AvgIpc) is 3.08. The minimum absolute atomic E-state index is 0.0989. The Kier molecular flexibility index (Phi) is 4.88. The molecular weight excluding hydrogens is 400 g/mol. The first-order valence-electron chi connectivity index (χ1n) is 7.38. The van der Waals surface area contributed by atoms with Gasteiger partial charge in [-0.3, -0.25) is 0 Å². The molecule has 0 bridgehead atoms. The molecule has 0 spiro atoms. The number of hydrogen-bond donors (Lipinski definition) is 0. The van der Waals surface area contributed by atoms with Gasteiger partial charge in [-0.05, 0) is 58.4 Å². The summed E-state index contributed by atoms with van der Waals surface area (Å²) in [4.78, 5) is -0.201. The summed E-state index contributed by atoms with van der Waals surface area (Å²) in [6.07, 6.45) is 3.21. The molecule has 0 saturated carbocycles. The van der Waals surface area contributed by atoms with Gasteiger partial charge < -0.3 is 4.57 Å². The molecule has 6 heteroatoms. The van der Waals surface area contributed by atoms with E-state index in [0.29, 0.717) is 5.69 Å². The Morgan fingerprint density at radius 3 is 2.36 bits per heavy atom. The van der Waals surface area contributed by atoms with E-state index in [0.717, 1.165) is 10.2 Å². The standard InChI is InChI=1S/C19H13BrN2O2S/c20-18-10-4-5-11-19(18)22-12-6-7-15(22)13-17(14-21)25(23,24)16-8-2-1-3-9-16/h1-13H/b17-13+. The molecule has 1 aromatic heterocycles. The topological polar surface area (TPSA) is 62.9 Å². The number of rotatable bonds is 4. The third kappa shape index (κ3) is 3.43. The first-order chi connectivity index (χ1) is 12.0. The Hall–Kier alpha value is -2.62. The molecule has 0 aliphatic rings. The molecule has 2 aromatic carbocycles. The lowest BCUT2D eigenvalue weighted by Gasteiger charge is -2.09. The molecule has 25 heavy (non-hydrogen) atoms. The van der Waals surface area contributed by atoms with Crippen LogP contribution < -0.4 is 0 Å². The predicted molar refractivity (Wildman–Crippen MR) is 101 cm³/mol. The van der Waals surface area contributed by atoms with E-state index < -0.39 is 9.84 Å².